The van der Waals surface area contributed by atoms with Crippen LogP contribution in [0.5, 0.6) is 0 Å². The molecule has 0 aliphatic heterocycles. The van der Waals surface area contributed by atoms with Crippen LogP contribution in [-0.2, 0) is 6.42 Å². The fraction of sp³-hybridized carbons (Fsp3) is 0.200. The zero-order valence-corrected chi connectivity index (χ0v) is 7.14. The third kappa shape index (κ3) is 1.81. The molecule has 0 aromatic carbocycles. The highest BCUT2D eigenvalue weighted by Crippen LogP contribution is 2.16. The second-order valence-corrected chi connectivity index (χ2v) is 2.96. The van der Waals surface area contributed by atoms with E-state index in [1.165, 1.54) is 0 Å². The van der Waals surface area contributed by atoms with Gasteiger partial charge in [0.25, 0.3) is 0 Å². The average molecular weight is 177 g/mol. The fourth-order valence-electron chi connectivity index (χ4n) is 1.27. The number of hydrogen-bond acceptors (Lipinski definition) is 3. The summed E-state index contributed by atoms with van der Waals surface area (Å²) in [5.41, 5.74) is 6.98. The lowest BCUT2D eigenvalue weighted by Crippen LogP contribution is -2.11. The molecule has 1 unspecified atom stereocenters. The predicted molar refractivity (Wildman–Crippen MR) is 48.0 cm³/mol. The van der Waals surface area contributed by atoms with E-state index in [0.717, 1.165) is 17.7 Å². The Morgan fingerprint density at radius 3 is 2.85 bits per heavy atom. The summed E-state index contributed by atoms with van der Waals surface area (Å²) < 4.78 is 10.1. The van der Waals surface area contributed by atoms with Crippen LogP contribution in [0.15, 0.2) is 45.8 Å². The summed E-state index contributed by atoms with van der Waals surface area (Å²) in [5.74, 6) is 0.807. The first kappa shape index (κ1) is 8.13. The van der Waals surface area contributed by atoms with Gasteiger partial charge in [0.15, 0.2) is 0 Å². The van der Waals surface area contributed by atoms with Gasteiger partial charge in [0, 0.05) is 0 Å². The minimum absolute atomic E-state index is 0.0902. The topological polar surface area (TPSA) is 52.3 Å². The van der Waals surface area contributed by atoms with Crippen molar-refractivity contribution in [2.75, 3.05) is 0 Å². The molecule has 2 heterocycles. The molecule has 0 saturated heterocycles. The molecule has 0 bridgehead atoms. The molecule has 2 N–H and O–H groups in total. The second-order valence-electron chi connectivity index (χ2n) is 2.96. The van der Waals surface area contributed by atoms with Crippen LogP contribution in [0.2, 0.25) is 0 Å². The Morgan fingerprint density at radius 2 is 2.23 bits per heavy atom. The highest BCUT2D eigenvalue weighted by Gasteiger charge is 2.09. The van der Waals surface area contributed by atoms with E-state index in [1.807, 2.05) is 18.2 Å². The zero-order valence-electron chi connectivity index (χ0n) is 7.14. The van der Waals surface area contributed by atoms with E-state index in [-0.39, 0.29) is 6.04 Å². The largest absolute Gasteiger partial charge is 0.472 e. The molecule has 68 valence electrons. The van der Waals surface area contributed by atoms with Crippen molar-refractivity contribution in [1.29, 1.82) is 0 Å². The summed E-state index contributed by atoms with van der Waals surface area (Å²) in [6.07, 6.45) is 5.71. The minimum Gasteiger partial charge on any atom is -0.472 e. The van der Waals surface area contributed by atoms with Crippen LogP contribution in [0.1, 0.15) is 17.4 Å². The Labute approximate surface area is 76.1 Å². The van der Waals surface area contributed by atoms with Crippen molar-refractivity contribution in [2.45, 2.75) is 12.5 Å². The van der Waals surface area contributed by atoms with Gasteiger partial charge in [-0.05, 0) is 30.2 Å². The lowest BCUT2D eigenvalue weighted by atomic mass is 10.1. The van der Waals surface area contributed by atoms with E-state index in [2.05, 4.69) is 0 Å². The van der Waals surface area contributed by atoms with Gasteiger partial charge in [0.1, 0.15) is 5.76 Å². The van der Waals surface area contributed by atoms with Crippen LogP contribution in [-0.4, -0.2) is 0 Å². The number of furan rings is 2. The highest BCUT2D eigenvalue weighted by molar-refractivity contribution is 5.12. The van der Waals surface area contributed by atoms with Crippen molar-refractivity contribution < 1.29 is 8.83 Å². The molecular weight excluding hydrogens is 166 g/mol. The molecule has 0 fully saturated rings. The van der Waals surface area contributed by atoms with Gasteiger partial charge in [-0.1, -0.05) is 0 Å². The number of hydrogen-bond donors (Lipinski definition) is 1. The zero-order chi connectivity index (χ0) is 9.10. The Bertz CT molecular complexity index is 337. The SMILES string of the molecule is NC(Cc1ccoc1)c1ccco1. The normalized spacial score (nSPS) is 13.0. The van der Waals surface area contributed by atoms with E-state index >= 15 is 0 Å². The Hall–Kier alpha value is -1.48. The molecule has 0 spiro atoms. The van der Waals surface area contributed by atoms with E-state index < -0.39 is 0 Å². The number of rotatable bonds is 3. The van der Waals surface area contributed by atoms with Gasteiger partial charge >= 0.3 is 0 Å². The van der Waals surface area contributed by atoms with Gasteiger partial charge < -0.3 is 14.6 Å². The van der Waals surface area contributed by atoms with Crippen LogP contribution in [0.4, 0.5) is 0 Å². The molecule has 0 saturated carbocycles. The quantitative estimate of drug-likeness (QED) is 0.781. The molecule has 2 aromatic heterocycles. The number of nitrogens with two attached hydrogens (primary N) is 1. The third-order valence-corrected chi connectivity index (χ3v) is 1.94. The maximum absolute atomic E-state index is 5.90. The summed E-state index contributed by atoms with van der Waals surface area (Å²) >= 11 is 0. The minimum atomic E-state index is -0.0902. The van der Waals surface area contributed by atoms with Crippen molar-refractivity contribution in [3.63, 3.8) is 0 Å². The smallest absolute Gasteiger partial charge is 0.120 e. The van der Waals surface area contributed by atoms with Gasteiger partial charge in [0.05, 0.1) is 24.8 Å². The fourth-order valence-corrected chi connectivity index (χ4v) is 1.27. The van der Waals surface area contributed by atoms with E-state index in [1.54, 1.807) is 18.8 Å². The van der Waals surface area contributed by atoms with Gasteiger partial charge in [-0.15, -0.1) is 0 Å². The van der Waals surface area contributed by atoms with Gasteiger partial charge in [0.2, 0.25) is 0 Å². The van der Waals surface area contributed by atoms with Crippen molar-refractivity contribution in [3.8, 4) is 0 Å². The van der Waals surface area contributed by atoms with Crippen molar-refractivity contribution >= 4 is 0 Å². The van der Waals surface area contributed by atoms with Crippen LogP contribution >= 0.6 is 0 Å². The van der Waals surface area contributed by atoms with Crippen molar-refractivity contribution in [3.05, 3.63) is 48.3 Å². The third-order valence-electron chi connectivity index (χ3n) is 1.94. The molecule has 2 rings (SSSR count). The average Bonchev–Trinajstić information content (AvgIpc) is 2.74. The second kappa shape index (κ2) is 3.49. The van der Waals surface area contributed by atoms with Crippen molar-refractivity contribution in [2.24, 2.45) is 5.73 Å². The molecule has 0 radical (unpaired) electrons. The van der Waals surface area contributed by atoms with E-state index in [0.29, 0.717) is 0 Å². The summed E-state index contributed by atoms with van der Waals surface area (Å²) in [5, 5.41) is 0. The monoisotopic (exact) mass is 177 g/mol. The first-order valence-corrected chi connectivity index (χ1v) is 4.16. The molecule has 0 aliphatic carbocycles. The van der Waals surface area contributed by atoms with E-state index in [4.69, 9.17) is 14.6 Å². The lowest BCUT2D eigenvalue weighted by molar-refractivity contribution is 0.463. The molecular formula is C10H11NO2. The predicted octanol–water partition coefficient (Wildman–Crippen LogP) is 2.12. The van der Waals surface area contributed by atoms with Crippen LogP contribution in [0.25, 0.3) is 0 Å². The lowest BCUT2D eigenvalue weighted by Gasteiger charge is -2.05. The maximum Gasteiger partial charge on any atom is 0.120 e. The van der Waals surface area contributed by atoms with Crippen LogP contribution in [0, 0.1) is 0 Å². The standard InChI is InChI=1S/C10H11NO2/c11-9(10-2-1-4-13-10)6-8-3-5-12-7-8/h1-5,7,9H,6,11H2. The molecule has 1 atom stereocenters. The van der Waals surface area contributed by atoms with Crippen LogP contribution < -0.4 is 5.73 Å². The molecule has 0 amide bonds. The first-order valence-electron chi connectivity index (χ1n) is 4.16. The Morgan fingerprint density at radius 1 is 1.31 bits per heavy atom. The van der Waals surface area contributed by atoms with Gasteiger partial charge in [-0.25, -0.2) is 0 Å². The molecule has 3 nitrogen and oxygen atoms in total. The van der Waals surface area contributed by atoms with Crippen molar-refractivity contribution in [1.82, 2.24) is 0 Å². The van der Waals surface area contributed by atoms with E-state index in [9.17, 15) is 0 Å². The highest BCUT2D eigenvalue weighted by atomic mass is 16.3. The summed E-state index contributed by atoms with van der Waals surface area (Å²) in [7, 11) is 0. The molecule has 3 heteroatoms. The first-order chi connectivity index (χ1) is 6.36. The maximum atomic E-state index is 5.90. The Balaban J connectivity index is 2.04. The summed E-state index contributed by atoms with van der Waals surface area (Å²) in [4.78, 5) is 0. The van der Waals surface area contributed by atoms with Gasteiger partial charge in [-0.2, -0.15) is 0 Å². The van der Waals surface area contributed by atoms with Crippen LogP contribution in [0.3, 0.4) is 0 Å². The summed E-state index contributed by atoms with van der Waals surface area (Å²) in [6, 6.07) is 5.53. The summed E-state index contributed by atoms with van der Waals surface area (Å²) in [6.45, 7) is 0. The molecule has 2 aromatic rings. The van der Waals surface area contributed by atoms with Gasteiger partial charge in [-0.3, -0.25) is 0 Å². The Kier molecular flexibility index (Phi) is 2.19. The molecule has 13 heavy (non-hydrogen) atoms. The molecule has 0 aliphatic rings.